The molecule has 150 valence electrons. The van der Waals surface area contributed by atoms with E-state index in [-0.39, 0.29) is 5.56 Å². The van der Waals surface area contributed by atoms with Gasteiger partial charge in [-0.05, 0) is 31.5 Å². The standard InChI is InChI=1S/C23H21N5O2/c1-14-8-10-16(11-9-14)18-13-27-19-20(25(3)23(30)26(4)21(19)29)24-22(27)28(18)17-7-5-6-15(2)12-17/h5-13H,1-4H3. The van der Waals surface area contributed by atoms with Gasteiger partial charge in [-0.2, -0.15) is 4.98 Å². The van der Waals surface area contributed by atoms with E-state index in [1.807, 2.05) is 42.8 Å². The third-order valence-corrected chi connectivity index (χ3v) is 5.57. The Morgan fingerprint density at radius 3 is 2.30 bits per heavy atom. The first-order chi connectivity index (χ1) is 14.4. The molecule has 0 spiro atoms. The van der Waals surface area contributed by atoms with E-state index >= 15 is 0 Å². The Hall–Kier alpha value is -3.87. The molecule has 0 aliphatic rings. The summed E-state index contributed by atoms with van der Waals surface area (Å²) in [6, 6.07) is 16.4. The molecule has 0 unspecified atom stereocenters. The Labute approximate surface area is 172 Å². The van der Waals surface area contributed by atoms with Crippen LogP contribution in [0.5, 0.6) is 0 Å². The fourth-order valence-electron chi connectivity index (χ4n) is 3.92. The molecule has 0 aliphatic heterocycles. The maximum atomic E-state index is 12.9. The van der Waals surface area contributed by atoms with Gasteiger partial charge in [-0.3, -0.25) is 22.9 Å². The molecule has 0 aliphatic carbocycles. The molecule has 3 heterocycles. The molecular formula is C23H21N5O2. The van der Waals surface area contributed by atoms with Crippen LogP contribution in [0, 0.1) is 13.8 Å². The van der Waals surface area contributed by atoms with Crippen LogP contribution in [-0.2, 0) is 14.1 Å². The molecule has 0 N–H and O–H groups in total. The molecule has 7 heteroatoms. The predicted octanol–water partition coefficient (Wildman–Crippen LogP) is 2.96. The van der Waals surface area contributed by atoms with Gasteiger partial charge in [-0.1, -0.05) is 42.0 Å². The fourth-order valence-corrected chi connectivity index (χ4v) is 3.92. The molecule has 0 fully saturated rings. The van der Waals surface area contributed by atoms with Crippen LogP contribution < -0.4 is 11.2 Å². The van der Waals surface area contributed by atoms with E-state index in [9.17, 15) is 9.59 Å². The lowest BCUT2D eigenvalue weighted by Gasteiger charge is -2.10. The normalized spacial score (nSPS) is 11.6. The average Bonchev–Trinajstić information content (AvgIpc) is 3.27. The monoisotopic (exact) mass is 399 g/mol. The van der Waals surface area contributed by atoms with E-state index in [4.69, 9.17) is 4.98 Å². The van der Waals surface area contributed by atoms with Gasteiger partial charge < -0.3 is 0 Å². The zero-order valence-electron chi connectivity index (χ0n) is 17.2. The molecule has 5 rings (SSSR count). The largest absolute Gasteiger partial charge is 0.332 e. The van der Waals surface area contributed by atoms with Gasteiger partial charge >= 0.3 is 5.69 Å². The van der Waals surface area contributed by atoms with Gasteiger partial charge in [0.15, 0.2) is 11.2 Å². The van der Waals surface area contributed by atoms with Gasteiger partial charge in [0.1, 0.15) is 0 Å². The second kappa shape index (κ2) is 6.32. The summed E-state index contributed by atoms with van der Waals surface area (Å²) in [5.41, 5.74) is 5.16. The minimum absolute atomic E-state index is 0.363. The molecular weight excluding hydrogens is 378 g/mol. The highest BCUT2D eigenvalue weighted by molar-refractivity contribution is 5.79. The van der Waals surface area contributed by atoms with Crippen LogP contribution in [0.3, 0.4) is 0 Å². The van der Waals surface area contributed by atoms with E-state index in [0.717, 1.165) is 27.1 Å². The third kappa shape index (κ3) is 2.48. The lowest BCUT2D eigenvalue weighted by atomic mass is 10.1. The van der Waals surface area contributed by atoms with Crippen LogP contribution in [0.25, 0.3) is 33.9 Å². The zero-order valence-corrected chi connectivity index (χ0v) is 17.2. The van der Waals surface area contributed by atoms with Gasteiger partial charge in [0.05, 0.1) is 5.69 Å². The Kier molecular flexibility index (Phi) is 3.83. The number of hydrogen-bond acceptors (Lipinski definition) is 3. The van der Waals surface area contributed by atoms with Crippen molar-refractivity contribution < 1.29 is 0 Å². The first kappa shape index (κ1) is 18.2. The molecule has 0 bridgehead atoms. The molecule has 0 atom stereocenters. The van der Waals surface area contributed by atoms with Crippen LogP contribution >= 0.6 is 0 Å². The van der Waals surface area contributed by atoms with Crippen molar-refractivity contribution in [2.75, 3.05) is 0 Å². The molecule has 0 saturated heterocycles. The van der Waals surface area contributed by atoms with Gasteiger partial charge in [0, 0.05) is 31.5 Å². The van der Waals surface area contributed by atoms with Gasteiger partial charge in [0.2, 0.25) is 5.78 Å². The van der Waals surface area contributed by atoms with Crippen molar-refractivity contribution in [3.63, 3.8) is 0 Å². The third-order valence-electron chi connectivity index (χ3n) is 5.57. The highest BCUT2D eigenvalue weighted by Crippen LogP contribution is 2.29. The fraction of sp³-hybridized carbons (Fsp3) is 0.174. The summed E-state index contributed by atoms with van der Waals surface area (Å²) in [4.78, 5) is 30.1. The molecule has 3 aromatic heterocycles. The number of fused-ring (bicyclic) bond motifs is 3. The Bertz CT molecular complexity index is 1560. The summed E-state index contributed by atoms with van der Waals surface area (Å²) in [6.45, 7) is 4.09. The summed E-state index contributed by atoms with van der Waals surface area (Å²) in [7, 11) is 3.12. The SMILES string of the molecule is Cc1ccc(-c2cn3c4c(=O)n(C)c(=O)n(C)c4nc3n2-c2cccc(C)c2)cc1. The topological polar surface area (TPSA) is 66.2 Å². The molecule has 2 aromatic carbocycles. The maximum Gasteiger partial charge on any atom is 0.332 e. The number of benzene rings is 2. The summed E-state index contributed by atoms with van der Waals surface area (Å²) in [5, 5.41) is 0. The Morgan fingerprint density at radius 2 is 1.60 bits per heavy atom. The lowest BCUT2D eigenvalue weighted by molar-refractivity contribution is 0.708. The van der Waals surface area contributed by atoms with Crippen LogP contribution in [-0.4, -0.2) is 23.1 Å². The second-order valence-corrected chi connectivity index (χ2v) is 7.71. The number of rotatable bonds is 2. The highest BCUT2D eigenvalue weighted by Gasteiger charge is 2.21. The van der Waals surface area contributed by atoms with Crippen molar-refractivity contribution in [3.8, 4) is 16.9 Å². The van der Waals surface area contributed by atoms with Crippen LogP contribution in [0.2, 0.25) is 0 Å². The minimum atomic E-state index is -0.394. The zero-order chi connectivity index (χ0) is 21.2. The lowest BCUT2D eigenvalue weighted by Crippen LogP contribution is -2.37. The first-order valence-electron chi connectivity index (χ1n) is 9.70. The highest BCUT2D eigenvalue weighted by atomic mass is 16.2. The number of aromatic nitrogens is 5. The van der Waals surface area contributed by atoms with E-state index in [0.29, 0.717) is 16.9 Å². The van der Waals surface area contributed by atoms with Crippen molar-refractivity contribution in [2.24, 2.45) is 14.1 Å². The van der Waals surface area contributed by atoms with Crippen LogP contribution in [0.4, 0.5) is 0 Å². The average molecular weight is 399 g/mol. The van der Waals surface area contributed by atoms with Crippen LogP contribution in [0.15, 0.2) is 64.3 Å². The molecule has 5 aromatic rings. The Balaban J connectivity index is 1.97. The number of hydrogen-bond donors (Lipinski definition) is 0. The summed E-state index contributed by atoms with van der Waals surface area (Å²) < 4.78 is 6.35. The summed E-state index contributed by atoms with van der Waals surface area (Å²) in [6.07, 6.45) is 1.92. The van der Waals surface area contributed by atoms with E-state index < -0.39 is 5.69 Å². The molecule has 0 saturated carbocycles. The van der Waals surface area contributed by atoms with Crippen molar-refractivity contribution in [2.45, 2.75) is 13.8 Å². The van der Waals surface area contributed by atoms with E-state index in [1.54, 1.807) is 11.4 Å². The molecule has 0 radical (unpaired) electrons. The molecule has 0 amide bonds. The quantitative estimate of drug-likeness (QED) is 0.458. The van der Waals surface area contributed by atoms with E-state index in [1.165, 1.54) is 17.2 Å². The van der Waals surface area contributed by atoms with Gasteiger partial charge in [-0.25, -0.2) is 4.79 Å². The smallest absolute Gasteiger partial charge is 0.279 e. The number of nitrogens with zero attached hydrogens (tertiary/aromatic N) is 5. The first-order valence-corrected chi connectivity index (χ1v) is 9.70. The summed E-state index contributed by atoms with van der Waals surface area (Å²) in [5.74, 6) is 0.587. The van der Waals surface area contributed by atoms with Crippen LogP contribution in [0.1, 0.15) is 11.1 Å². The van der Waals surface area contributed by atoms with Crippen molar-refractivity contribution in [1.82, 2.24) is 23.1 Å². The number of aryl methyl sites for hydroxylation is 3. The van der Waals surface area contributed by atoms with Gasteiger partial charge in [-0.15, -0.1) is 0 Å². The number of imidazole rings is 2. The predicted molar refractivity (Wildman–Crippen MR) is 117 cm³/mol. The summed E-state index contributed by atoms with van der Waals surface area (Å²) >= 11 is 0. The molecule has 30 heavy (non-hydrogen) atoms. The molecule has 7 nitrogen and oxygen atoms in total. The van der Waals surface area contributed by atoms with Gasteiger partial charge in [0.25, 0.3) is 5.56 Å². The van der Waals surface area contributed by atoms with E-state index in [2.05, 4.69) is 30.3 Å². The maximum absolute atomic E-state index is 12.9. The van der Waals surface area contributed by atoms with Crippen molar-refractivity contribution >= 4 is 16.9 Å². The van der Waals surface area contributed by atoms with Crippen molar-refractivity contribution in [1.29, 1.82) is 0 Å². The minimum Gasteiger partial charge on any atom is -0.279 e. The second-order valence-electron chi connectivity index (χ2n) is 7.71. The Morgan fingerprint density at radius 1 is 0.867 bits per heavy atom. The van der Waals surface area contributed by atoms with Crippen molar-refractivity contribution in [3.05, 3.63) is 86.7 Å².